The molecule has 2 aromatic carbocycles. The van der Waals surface area contributed by atoms with Crippen LogP contribution in [0.5, 0.6) is 0 Å². The zero-order valence-corrected chi connectivity index (χ0v) is 13.3. The van der Waals surface area contributed by atoms with Crippen molar-refractivity contribution in [2.45, 2.75) is 12.5 Å². The summed E-state index contributed by atoms with van der Waals surface area (Å²) >= 11 is 0. The number of carbonyl (C=O) groups is 1. The molecule has 1 atom stereocenters. The fourth-order valence-corrected chi connectivity index (χ4v) is 3.51. The van der Waals surface area contributed by atoms with Gasteiger partial charge in [-0.05, 0) is 17.7 Å². The third kappa shape index (κ3) is 2.16. The molecule has 5 heteroatoms. The Kier molecular flexibility index (Phi) is 3.00. The lowest BCUT2D eigenvalue weighted by molar-refractivity contribution is 0.0965. The number of rotatable bonds is 3. The average molecular weight is 326 g/mol. The Balaban J connectivity index is 1.51. The van der Waals surface area contributed by atoms with Crippen molar-refractivity contribution < 1.29 is 4.79 Å². The third-order valence-corrected chi connectivity index (χ3v) is 4.71. The largest absolute Gasteiger partial charge is 0.322 e. The topological polar surface area (TPSA) is 60.7 Å². The van der Waals surface area contributed by atoms with Gasteiger partial charge in [0.15, 0.2) is 5.78 Å². The van der Waals surface area contributed by atoms with Crippen LogP contribution in [0, 0.1) is 0 Å². The lowest BCUT2D eigenvalue weighted by Crippen LogP contribution is -2.13. The smallest absolute Gasteiger partial charge is 0.185 e. The summed E-state index contributed by atoms with van der Waals surface area (Å²) in [6, 6.07) is 15.7. The Morgan fingerprint density at radius 2 is 1.80 bits per heavy atom. The summed E-state index contributed by atoms with van der Waals surface area (Å²) in [7, 11) is 0. The predicted molar refractivity (Wildman–Crippen MR) is 94.3 cm³/mol. The second kappa shape index (κ2) is 5.34. The van der Waals surface area contributed by atoms with Gasteiger partial charge in [0.1, 0.15) is 5.69 Å². The minimum Gasteiger partial charge on any atom is -0.322 e. The van der Waals surface area contributed by atoms with Crippen molar-refractivity contribution in [2.75, 3.05) is 0 Å². The van der Waals surface area contributed by atoms with Crippen LogP contribution < -0.4 is 0 Å². The number of Topliss-reactive ketones (excluding diaryl/α,β-unsaturated/α-hetero) is 1. The van der Waals surface area contributed by atoms with Crippen LogP contribution in [0.2, 0.25) is 0 Å². The fraction of sp³-hybridized carbons (Fsp3) is 0.100. The Morgan fingerprint density at radius 1 is 1.00 bits per heavy atom. The molecule has 1 aliphatic heterocycles. The maximum atomic E-state index is 12.8. The summed E-state index contributed by atoms with van der Waals surface area (Å²) in [4.78, 5) is 25.9. The van der Waals surface area contributed by atoms with Crippen LogP contribution in [0.15, 0.2) is 67.3 Å². The summed E-state index contributed by atoms with van der Waals surface area (Å²) in [6.07, 6.45) is 5.55. The van der Waals surface area contributed by atoms with E-state index in [1.807, 2.05) is 42.6 Å². The van der Waals surface area contributed by atoms with Gasteiger partial charge in [0.25, 0.3) is 0 Å². The van der Waals surface area contributed by atoms with E-state index in [0.29, 0.717) is 12.1 Å². The minimum atomic E-state index is -0.0468. The van der Waals surface area contributed by atoms with Gasteiger partial charge in [0.2, 0.25) is 0 Å². The maximum Gasteiger partial charge on any atom is 0.185 e. The van der Waals surface area contributed by atoms with E-state index >= 15 is 0 Å². The molecule has 1 aliphatic rings. The number of hydrogen-bond donors (Lipinski definition) is 0. The molecular weight excluding hydrogens is 312 g/mol. The monoisotopic (exact) mass is 326 g/mol. The van der Waals surface area contributed by atoms with E-state index in [9.17, 15) is 4.79 Å². The summed E-state index contributed by atoms with van der Waals surface area (Å²) in [5.74, 6) is -0.0143. The normalized spacial score (nSPS) is 15.1. The molecule has 2 aromatic heterocycles. The fourth-order valence-electron chi connectivity index (χ4n) is 3.51. The zero-order chi connectivity index (χ0) is 16.8. The molecule has 0 amide bonds. The first-order chi connectivity index (χ1) is 12.3. The molecule has 0 aliphatic carbocycles. The van der Waals surface area contributed by atoms with Crippen molar-refractivity contribution in [1.29, 1.82) is 0 Å². The van der Waals surface area contributed by atoms with E-state index in [1.54, 1.807) is 12.5 Å². The Morgan fingerprint density at radius 3 is 2.72 bits per heavy atom. The molecule has 0 bridgehead atoms. The van der Waals surface area contributed by atoms with Crippen molar-refractivity contribution in [3.05, 3.63) is 78.5 Å². The molecule has 5 rings (SSSR count). The van der Waals surface area contributed by atoms with Crippen molar-refractivity contribution >= 4 is 16.8 Å². The van der Waals surface area contributed by atoms with E-state index in [4.69, 9.17) is 0 Å². The summed E-state index contributed by atoms with van der Waals surface area (Å²) in [5, 5.41) is 0. The van der Waals surface area contributed by atoms with Crippen LogP contribution in [-0.2, 0) is 0 Å². The van der Waals surface area contributed by atoms with Crippen molar-refractivity contribution in [3.8, 4) is 11.3 Å². The van der Waals surface area contributed by atoms with Gasteiger partial charge in [-0.25, -0.2) is 9.97 Å². The van der Waals surface area contributed by atoms with Crippen LogP contribution in [0.3, 0.4) is 0 Å². The van der Waals surface area contributed by atoms with E-state index in [1.165, 1.54) is 0 Å². The van der Waals surface area contributed by atoms with E-state index in [0.717, 1.165) is 27.9 Å². The molecule has 0 fully saturated rings. The number of benzene rings is 2. The molecule has 0 spiro atoms. The summed E-state index contributed by atoms with van der Waals surface area (Å²) in [5.41, 5.74) is 5.29. The Labute approximate surface area is 144 Å². The van der Waals surface area contributed by atoms with Gasteiger partial charge in [-0.1, -0.05) is 36.4 Å². The van der Waals surface area contributed by atoms with Crippen LogP contribution >= 0.6 is 0 Å². The van der Waals surface area contributed by atoms with Gasteiger partial charge in [0.05, 0.1) is 41.5 Å². The molecule has 5 nitrogen and oxygen atoms in total. The number of imidazole rings is 1. The van der Waals surface area contributed by atoms with Gasteiger partial charge in [-0.15, -0.1) is 0 Å². The summed E-state index contributed by atoms with van der Waals surface area (Å²) in [6.45, 7) is 0. The molecule has 25 heavy (non-hydrogen) atoms. The minimum absolute atomic E-state index is 0.0143. The average Bonchev–Trinajstić information content (AvgIpc) is 3.24. The lowest BCUT2D eigenvalue weighted by Gasteiger charge is -2.13. The Hall–Kier alpha value is -3.34. The number of carbonyl (C=O) groups excluding carboxylic acids is 1. The highest BCUT2D eigenvalue weighted by Crippen LogP contribution is 2.40. The molecular formula is C20H14N4O. The first-order valence-corrected chi connectivity index (χ1v) is 8.17. The molecule has 3 heterocycles. The van der Waals surface area contributed by atoms with Crippen molar-refractivity contribution in [3.63, 3.8) is 0 Å². The number of nitrogens with zero attached hydrogens (tertiary/aromatic N) is 4. The zero-order valence-electron chi connectivity index (χ0n) is 13.3. The standard InChI is InChI=1S/C20H14N4O/c25-20(17-10-22-15-7-3-4-8-16(15)23-17)9-18-13-5-1-2-6-14(13)19-11-21-12-24(18)19/h1-8,10-12,18H,9H2. The molecule has 4 aromatic rings. The van der Waals surface area contributed by atoms with Gasteiger partial charge in [0, 0.05) is 12.0 Å². The number of para-hydroxylation sites is 2. The van der Waals surface area contributed by atoms with Crippen LogP contribution in [-0.4, -0.2) is 25.3 Å². The second-order valence-electron chi connectivity index (χ2n) is 6.16. The Bertz CT molecular complexity index is 1120. The number of ketones is 1. The SMILES string of the molecule is O=C(CC1c2ccccc2-c2cncn21)c1cnc2ccccc2n1. The quantitative estimate of drug-likeness (QED) is 0.539. The first-order valence-electron chi connectivity index (χ1n) is 8.17. The predicted octanol–water partition coefficient (Wildman–Crippen LogP) is 3.67. The molecule has 0 N–H and O–H groups in total. The van der Waals surface area contributed by atoms with Crippen LogP contribution in [0.4, 0.5) is 0 Å². The molecule has 120 valence electrons. The van der Waals surface area contributed by atoms with Crippen LogP contribution in [0.1, 0.15) is 28.5 Å². The number of aromatic nitrogens is 4. The van der Waals surface area contributed by atoms with Gasteiger partial charge in [-0.2, -0.15) is 0 Å². The van der Waals surface area contributed by atoms with E-state index in [2.05, 4.69) is 31.7 Å². The second-order valence-corrected chi connectivity index (χ2v) is 6.16. The highest BCUT2D eigenvalue weighted by atomic mass is 16.1. The number of hydrogen-bond acceptors (Lipinski definition) is 4. The highest BCUT2D eigenvalue weighted by Gasteiger charge is 2.30. The maximum absolute atomic E-state index is 12.8. The number of fused-ring (bicyclic) bond motifs is 4. The molecule has 0 saturated heterocycles. The van der Waals surface area contributed by atoms with Gasteiger partial charge < -0.3 is 4.57 Å². The van der Waals surface area contributed by atoms with Gasteiger partial charge in [-0.3, -0.25) is 9.78 Å². The van der Waals surface area contributed by atoms with Crippen molar-refractivity contribution in [1.82, 2.24) is 19.5 Å². The highest BCUT2D eigenvalue weighted by molar-refractivity contribution is 5.96. The summed E-state index contributed by atoms with van der Waals surface area (Å²) < 4.78 is 2.07. The van der Waals surface area contributed by atoms with Gasteiger partial charge >= 0.3 is 0 Å². The third-order valence-electron chi connectivity index (χ3n) is 4.71. The first kappa shape index (κ1) is 14.0. The molecule has 0 saturated carbocycles. The lowest BCUT2D eigenvalue weighted by atomic mass is 9.98. The molecule has 0 radical (unpaired) electrons. The van der Waals surface area contributed by atoms with E-state index in [-0.39, 0.29) is 11.8 Å². The van der Waals surface area contributed by atoms with Crippen molar-refractivity contribution in [2.24, 2.45) is 0 Å². The van der Waals surface area contributed by atoms with Crippen LogP contribution in [0.25, 0.3) is 22.3 Å². The van der Waals surface area contributed by atoms with E-state index < -0.39 is 0 Å². The molecule has 1 unspecified atom stereocenters.